The highest BCUT2D eigenvalue weighted by atomic mass is 16.5. The van der Waals surface area contributed by atoms with Crippen LogP contribution in [0.1, 0.15) is 58.9 Å². The van der Waals surface area contributed by atoms with Crippen molar-refractivity contribution >= 4 is 11.9 Å². The van der Waals surface area contributed by atoms with Gasteiger partial charge in [-0.15, -0.1) is 0 Å². The second-order valence-electron chi connectivity index (χ2n) is 7.87. The van der Waals surface area contributed by atoms with E-state index in [9.17, 15) is 4.79 Å². The molecule has 1 fully saturated rings. The first kappa shape index (κ1) is 24.8. The summed E-state index contributed by atoms with van der Waals surface area (Å²) < 4.78 is 11.0. The quantitative estimate of drug-likeness (QED) is 0.437. The SMILES string of the molecule is CCNC(=NCc1ccc(OC)c(OCC)c1)NC1CCN(C(=O)C(CC)CC)CC1. The number of likely N-dealkylation sites (tertiary alicyclic amines) is 1. The van der Waals surface area contributed by atoms with Crippen LogP contribution in [0.25, 0.3) is 0 Å². The van der Waals surface area contributed by atoms with E-state index in [-0.39, 0.29) is 5.92 Å². The lowest BCUT2D eigenvalue weighted by atomic mass is 9.98. The molecule has 1 aromatic carbocycles. The van der Waals surface area contributed by atoms with Gasteiger partial charge in [-0.3, -0.25) is 4.79 Å². The molecule has 0 bridgehead atoms. The molecule has 2 N–H and O–H groups in total. The number of benzene rings is 1. The van der Waals surface area contributed by atoms with Crippen molar-refractivity contribution in [2.24, 2.45) is 10.9 Å². The summed E-state index contributed by atoms with van der Waals surface area (Å²) in [5.41, 5.74) is 1.06. The molecule has 1 aromatic rings. The van der Waals surface area contributed by atoms with Crippen molar-refractivity contribution in [3.05, 3.63) is 23.8 Å². The van der Waals surface area contributed by atoms with Gasteiger partial charge in [0.25, 0.3) is 0 Å². The average Bonchev–Trinajstić information content (AvgIpc) is 2.79. The number of nitrogens with zero attached hydrogens (tertiary/aromatic N) is 2. The van der Waals surface area contributed by atoms with Gasteiger partial charge in [0.05, 0.1) is 20.3 Å². The van der Waals surface area contributed by atoms with Crippen molar-refractivity contribution in [1.29, 1.82) is 0 Å². The summed E-state index contributed by atoms with van der Waals surface area (Å²) in [6.07, 6.45) is 3.71. The third-order valence-corrected chi connectivity index (χ3v) is 5.77. The van der Waals surface area contributed by atoms with E-state index < -0.39 is 0 Å². The Morgan fingerprint density at radius 2 is 1.87 bits per heavy atom. The number of piperidine rings is 1. The third-order valence-electron chi connectivity index (χ3n) is 5.77. The number of hydrogen-bond acceptors (Lipinski definition) is 4. The van der Waals surface area contributed by atoms with E-state index in [1.165, 1.54) is 0 Å². The van der Waals surface area contributed by atoms with E-state index in [1.54, 1.807) is 7.11 Å². The van der Waals surface area contributed by atoms with Gasteiger partial charge in [0.2, 0.25) is 5.91 Å². The summed E-state index contributed by atoms with van der Waals surface area (Å²) in [7, 11) is 1.65. The molecule has 0 spiro atoms. The molecule has 0 unspecified atom stereocenters. The molecule has 1 aliphatic heterocycles. The van der Waals surface area contributed by atoms with E-state index in [2.05, 4.69) is 31.4 Å². The largest absolute Gasteiger partial charge is 0.493 e. The molecule has 0 saturated carbocycles. The standard InChI is InChI=1S/C24H40N4O3/c1-6-19(7-2)23(29)28-14-12-20(13-15-28)27-24(25-8-3)26-17-18-10-11-21(30-5)22(16-18)31-9-4/h10-11,16,19-20H,6-9,12-15,17H2,1-5H3,(H2,25,26,27). The molecule has 0 radical (unpaired) electrons. The molecule has 1 aliphatic rings. The number of amides is 1. The summed E-state index contributed by atoms with van der Waals surface area (Å²) >= 11 is 0. The molecular formula is C24H40N4O3. The van der Waals surface area contributed by atoms with E-state index in [0.29, 0.717) is 25.1 Å². The first-order valence-electron chi connectivity index (χ1n) is 11.7. The zero-order chi connectivity index (χ0) is 22.6. The average molecular weight is 433 g/mol. The summed E-state index contributed by atoms with van der Waals surface area (Å²) in [6.45, 7) is 11.8. The summed E-state index contributed by atoms with van der Waals surface area (Å²) in [4.78, 5) is 19.4. The fourth-order valence-corrected chi connectivity index (χ4v) is 3.91. The number of ether oxygens (including phenoxy) is 2. The minimum Gasteiger partial charge on any atom is -0.493 e. The molecule has 174 valence electrons. The maximum absolute atomic E-state index is 12.6. The molecular weight excluding hydrogens is 392 g/mol. The van der Waals surface area contributed by atoms with Crippen molar-refractivity contribution in [3.63, 3.8) is 0 Å². The molecule has 1 saturated heterocycles. The lowest BCUT2D eigenvalue weighted by molar-refractivity contribution is -0.136. The number of nitrogens with one attached hydrogen (secondary N) is 2. The molecule has 1 heterocycles. The van der Waals surface area contributed by atoms with Crippen molar-refractivity contribution < 1.29 is 14.3 Å². The zero-order valence-corrected chi connectivity index (χ0v) is 19.9. The zero-order valence-electron chi connectivity index (χ0n) is 19.9. The van der Waals surface area contributed by atoms with E-state index in [1.807, 2.05) is 30.0 Å². The van der Waals surface area contributed by atoms with Crippen LogP contribution in [-0.4, -0.2) is 56.2 Å². The van der Waals surface area contributed by atoms with Crippen molar-refractivity contribution in [2.75, 3.05) is 33.4 Å². The van der Waals surface area contributed by atoms with Crippen LogP contribution in [0, 0.1) is 5.92 Å². The number of aliphatic imine (C=N–C) groups is 1. The number of hydrogen-bond donors (Lipinski definition) is 2. The number of methoxy groups -OCH3 is 1. The smallest absolute Gasteiger partial charge is 0.225 e. The third kappa shape index (κ3) is 7.33. The van der Waals surface area contributed by atoms with Crippen molar-refractivity contribution in [1.82, 2.24) is 15.5 Å². The highest BCUT2D eigenvalue weighted by Gasteiger charge is 2.26. The van der Waals surface area contributed by atoms with E-state index in [0.717, 1.165) is 68.3 Å². The molecule has 0 aromatic heterocycles. The van der Waals surface area contributed by atoms with Crippen LogP contribution in [0.4, 0.5) is 0 Å². The van der Waals surface area contributed by atoms with Crippen LogP contribution >= 0.6 is 0 Å². The van der Waals surface area contributed by atoms with Crippen LogP contribution in [0.3, 0.4) is 0 Å². The predicted molar refractivity (Wildman–Crippen MR) is 126 cm³/mol. The lowest BCUT2D eigenvalue weighted by Crippen LogP contribution is -2.50. The molecule has 7 nitrogen and oxygen atoms in total. The minimum atomic E-state index is 0.162. The normalized spacial score (nSPS) is 15.2. The fourth-order valence-electron chi connectivity index (χ4n) is 3.91. The van der Waals surface area contributed by atoms with Crippen LogP contribution in [-0.2, 0) is 11.3 Å². The van der Waals surface area contributed by atoms with Crippen LogP contribution in [0.15, 0.2) is 23.2 Å². The topological polar surface area (TPSA) is 75.2 Å². The number of carbonyl (C=O) groups excluding carboxylic acids is 1. The van der Waals surface area contributed by atoms with Gasteiger partial charge >= 0.3 is 0 Å². The van der Waals surface area contributed by atoms with Gasteiger partial charge in [-0.25, -0.2) is 4.99 Å². The summed E-state index contributed by atoms with van der Waals surface area (Å²) in [5.74, 6) is 2.75. The monoisotopic (exact) mass is 432 g/mol. The Morgan fingerprint density at radius 1 is 1.16 bits per heavy atom. The number of carbonyl (C=O) groups is 1. The first-order chi connectivity index (χ1) is 15.1. The summed E-state index contributed by atoms with van der Waals surface area (Å²) in [6, 6.07) is 6.23. The Kier molecular flexibility index (Phi) is 10.5. The fraction of sp³-hybridized carbons (Fsp3) is 0.667. The molecule has 2 rings (SSSR count). The Balaban J connectivity index is 1.95. The van der Waals surface area contributed by atoms with Gasteiger partial charge in [0.15, 0.2) is 17.5 Å². The van der Waals surface area contributed by atoms with Gasteiger partial charge in [-0.05, 0) is 57.2 Å². The molecule has 0 aliphatic carbocycles. The highest BCUT2D eigenvalue weighted by molar-refractivity contribution is 5.80. The first-order valence-corrected chi connectivity index (χ1v) is 11.7. The van der Waals surface area contributed by atoms with E-state index >= 15 is 0 Å². The molecule has 31 heavy (non-hydrogen) atoms. The Bertz CT molecular complexity index is 711. The minimum absolute atomic E-state index is 0.162. The van der Waals surface area contributed by atoms with Crippen LogP contribution in [0.5, 0.6) is 11.5 Å². The van der Waals surface area contributed by atoms with Gasteiger partial charge in [-0.1, -0.05) is 19.9 Å². The number of guanidine groups is 1. The maximum Gasteiger partial charge on any atom is 0.225 e. The van der Waals surface area contributed by atoms with E-state index in [4.69, 9.17) is 14.5 Å². The summed E-state index contributed by atoms with van der Waals surface area (Å²) in [5, 5.41) is 6.89. The highest BCUT2D eigenvalue weighted by Crippen LogP contribution is 2.28. The second kappa shape index (κ2) is 13.1. The van der Waals surface area contributed by atoms with Gasteiger partial charge < -0.3 is 25.0 Å². The number of rotatable bonds is 10. The molecule has 1 amide bonds. The van der Waals surface area contributed by atoms with Crippen LogP contribution < -0.4 is 20.1 Å². The molecule has 0 atom stereocenters. The van der Waals surface area contributed by atoms with Crippen LogP contribution in [0.2, 0.25) is 0 Å². The van der Waals surface area contributed by atoms with Gasteiger partial charge in [-0.2, -0.15) is 0 Å². The molecule has 7 heteroatoms. The van der Waals surface area contributed by atoms with Gasteiger partial charge in [0.1, 0.15) is 0 Å². The van der Waals surface area contributed by atoms with Gasteiger partial charge in [0, 0.05) is 31.6 Å². The Labute approximate surface area is 187 Å². The lowest BCUT2D eigenvalue weighted by Gasteiger charge is -2.34. The van der Waals surface area contributed by atoms with Crippen molar-refractivity contribution in [2.45, 2.75) is 66.0 Å². The second-order valence-corrected chi connectivity index (χ2v) is 7.87. The Morgan fingerprint density at radius 3 is 2.45 bits per heavy atom. The van der Waals surface area contributed by atoms with Crippen molar-refractivity contribution in [3.8, 4) is 11.5 Å². The maximum atomic E-state index is 12.6. The Hall–Kier alpha value is -2.44. The predicted octanol–water partition coefficient (Wildman–Crippen LogP) is 3.58.